The van der Waals surface area contributed by atoms with E-state index in [9.17, 15) is 23.3 Å². The molecular weight excluding hydrogens is 570 g/mol. The van der Waals surface area contributed by atoms with Crippen molar-refractivity contribution >= 4 is 45.3 Å². The van der Waals surface area contributed by atoms with E-state index < -0.39 is 49.3 Å². The van der Waals surface area contributed by atoms with Crippen molar-refractivity contribution in [1.29, 1.82) is 0 Å². The van der Waals surface area contributed by atoms with Gasteiger partial charge in [0.2, 0.25) is 0 Å². The van der Waals surface area contributed by atoms with Gasteiger partial charge in [-0.15, -0.1) is 0 Å². The Morgan fingerprint density at radius 3 is 2.39 bits per heavy atom. The van der Waals surface area contributed by atoms with E-state index in [-0.39, 0.29) is 31.0 Å². The molecule has 222 valence electrons. The van der Waals surface area contributed by atoms with Crippen LogP contribution in [-0.2, 0) is 26.2 Å². The van der Waals surface area contributed by atoms with Crippen molar-refractivity contribution in [2.75, 3.05) is 20.6 Å². The molecule has 2 aromatic carbocycles. The van der Waals surface area contributed by atoms with Crippen molar-refractivity contribution < 1.29 is 27.7 Å². The van der Waals surface area contributed by atoms with Crippen LogP contribution in [-0.4, -0.2) is 83.4 Å². The zero-order valence-corrected chi connectivity index (χ0v) is 25.3. The number of thiocarbonyl (C=S) groups is 1. The van der Waals surface area contributed by atoms with Gasteiger partial charge >= 0.3 is 6.09 Å². The van der Waals surface area contributed by atoms with E-state index in [0.717, 1.165) is 16.6 Å². The third-order valence-corrected chi connectivity index (χ3v) is 8.12. The third-order valence-electron chi connectivity index (χ3n) is 5.96. The van der Waals surface area contributed by atoms with Gasteiger partial charge in [-0.2, -0.15) is 0 Å². The molecule has 0 aromatic heterocycles. The largest absolute Gasteiger partial charge is 0.444 e. The number of sulfonamides is 1. The van der Waals surface area contributed by atoms with Crippen LogP contribution in [0.1, 0.15) is 39.2 Å². The molecule has 1 heterocycles. The number of carbonyl (C=O) groups is 1. The molecule has 1 fully saturated rings. The lowest BCUT2D eigenvalue weighted by Crippen LogP contribution is -2.57. The summed E-state index contributed by atoms with van der Waals surface area (Å²) in [7, 11) is -1.00. The maximum atomic E-state index is 14.0. The fourth-order valence-corrected chi connectivity index (χ4v) is 6.07. The van der Waals surface area contributed by atoms with E-state index in [4.69, 9.17) is 21.8 Å². The Hall–Kier alpha value is -3.46. The van der Waals surface area contributed by atoms with Gasteiger partial charge in [0, 0.05) is 26.7 Å². The molecule has 3 rings (SSSR count). The first kappa shape index (κ1) is 32.1. The minimum atomic E-state index is -4.57. The Kier molecular flexibility index (Phi) is 10.5. The van der Waals surface area contributed by atoms with Crippen LogP contribution in [0.25, 0.3) is 0 Å². The number of benzene rings is 2. The summed E-state index contributed by atoms with van der Waals surface area (Å²) in [6.45, 7) is 4.89. The summed E-state index contributed by atoms with van der Waals surface area (Å²) < 4.78 is 34.4. The Morgan fingerprint density at radius 1 is 1.15 bits per heavy atom. The standard InChI is InChI=1S/C27H35N5O7S2/c1-27(2,3)39-26(33)30-17-21(15-16-23(30)25(40)28-19-29(4)5)32(38-18-20-11-7-6-8-12-20)41(36,37)24-14-10-9-13-22(24)31(34)35/h6-14,19,21,23H,15-18H2,1-5H3. The number of hydrogen-bond donors (Lipinski definition) is 0. The van der Waals surface area contributed by atoms with Crippen LogP contribution >= 0.6 is 12.2 Å². The number of ether oxygens (including phenoxy) is 1. The number of nitro benzene ring substituents is 1. The Labute approximate surface area is 245 Å². The van der Waals surface area contributed by atoms with Crippen molar-refractivity contribution in [2.24, 2.45) is 4.99 Å². The highest BCUT2D eigenvalue weighted by atomic mass is 32.2. The number of aliphatic imine (C=N–C) groups is 1. The van der Waals surface area contributed by atoms with Crippen molar-refractivity contribution in [3.8, 4) is 0 Å². The van der Waals surface area contributed by atoms with Crippen molar-refractivity contribution in [3.63, 3.8) is 0 Å². The average Bonchev–Trinajstić information content (AvgIpc) is 2.91. The van der Waals surface area contributed by atoms with Crippen LogP contribution in [0, 0.1) is 10.1 Å². The molecule has 2 unspecified atom stereocenters. The number of hydroxylamine groups is 1. The number of likely N-dealkylation sites (tertiary alicyclic amines) is 1. The molecule has 1 amide bonds. The second-order valence-electron chi connectivity index (χ2n) is 10.7. The minimum absolute atomic E-state index is 0.126. The van der Waals surface area contributed by atoms with Crippen molar-refractivity contribution in [1.82, 2.24) is 14.3 Å². The molecule has 0 spiro atoms. The van der Waals surface area contributed by atoms with Crippen LogP contribution in [0.4, 0.5) is 10.5 Å². The third kappa shape index (κ3) is 8.52. The van der Waals surface area contributed by atoms with Gasteiger partial charge in [0.15, 0.2) is 4.90 Å². The second-order valence-corrected chi connectivity index (χ2v) is 12.8. The highest BCUT2D eigenvalue weighted by Crippen LogP contribution is 2.32. The van der Waals surface area contributed by atoms with Gasteiger partial charge in [0.05, 0.1) is 30.0 Å². The summed E-state index contributed by atoms with van der Waals surface area (Å²) in [6.07, 6.45) is 1.32. The molecule has 2 aromatic rings. The Bertz CT molecular complexity index is 1380. The maximum Gasteiger partial charge on any atom is 0.410 e. The monoisotopic (exact) mass is 605 g/mol. The van der Waals surface area contributed by atoms with Gasteiger partial charge in [0.25, 0.3) is 15.7 Å². The van der Waals surface area contributed by atoms with Crippen molar-refractivity contribution in [3.05, 3.63) is 70.3 Å². The summed E-state index contributed by atoms with van der Waals surface area (Å²) in [5.41, 5.74) is -0.728. The quantitative estimate of drug-likeness (QED) is 0.134. The number of para-hydroxylation sites is 1. The predicted molar refractivity (Wildman–Crippen MR) is 158 cm³/mol. The second kappa shape index (κ2) is 13.5. The van der Waals surface area contributed by atoms with Crippen LogP contribution < -0.4 is 0 Å². The van der Waals surface area contributed by atoms with Gasteiger partial charge in [-0.3, -0.25) is 19.9 Å². The van der Waals surface area contributed by atoms with Crippen LogP contribution in [0.15, 0.2) is 64.5 Å². The number of rotatable bonds is 9. The molecule has 1 aliphatic heterocycles. The van der Waals surface area contributed by atoms with Crippen LogP contribution in [0.5, 0.6) is 0 Å². The van der Waals surface area contributed by atoms with E-state index in [2.05, 4.69) is 4.99 Å². The lowest BCUT2D eigenvalue weighted by molar-refractivity contribution is -0.388. The molecule has 0 saturated carbocycles. The summed E-state index contributed by atoms with van der Waals surface area (Å²) in [6, 6.07) is 12.4. The number of piperidine rings is 1. The highest BCUT2D eigenvalue weighted by molar-refractivity contribution is 7.89. The molecule has 1 aliphatic rings. The van der Waals surface area contributed by atoms with Gasteiger partial charge in [-0.05, 0) is 45.2 Å². The molecule has 0 N–H and O–H groups in total. The van der Waals surface area contributed by atoms with E-state index >= 15 is 0 Å². The predicted octanol–water partition coefficient (Wildman–Crippen LogP) is 4.40. The van der Waals surface area contributed by atoms with Gasteiger partial charge in [-0.25, -0.2) is 18.2 Å². The maximum absolute atomic E-state index is 14.0. The van der Waals surface area contributed by atoms with Gasteiger partial charge < -0.3 is 9.64 Å². The number of amides is 1. The SMILES string of the molecule is CN(C)C=NC(=S)C1CCC(N(OCc2ccccc2)S(=O)(=O)c2ccccc2[N+](=O)[O-])CN1C(=O)OC(C)(C)C. The lowest BCUT2D eigenvalue weighted by Gasteiger charge is -2.42. The fraction of sp³-hybridized carbons (Fsp3) is 0.444. The molecule has 14 heteroatoms. The summed E-state index contributed by atoms with van der Waals surface area (Å²) in [5.74, 6) is 0. The summed E-state index contributed by atoms with van der Waals surface area (Å²) in [4.78, 5) is 37.3. The molecule has 0 bridgehead atoms. The molecular formula is C27H35N5O7S2. The van der Waals surface area contributed by atoms with E-state index in [1.807, 2.05) is 6.07 Å². The van der Waals surface area contributed by atoms with Crippen LogP contribution in [0.3, 0.4) is 0 Å². The summed E-state index contributed by atoms with van der Waals surface area (Å²) >= 11 is 5.53. The Balaban J connectivity index is 2.03. The Morgan fingerprint density at radius 2 is 1.78 bits per heavy atom. The molecule has 1 saturated heterocycles. The molecule has 2 atom stereocenters. The number of hydrogen-bond acceptors (Lipinski definition) is 8. The first-order chi connectivity index (χ1) is 19.2. The number of carbonyl (C=O) groups excluding carboxylic acids is 1. The number of nitro groups is 1. The van der Waals surface area contributed by atoms with Gasteiger partial charge in [-0.1, -0.05) is 59.2 Å². The smallest absolute Gasteiger partial charge is 0.410 e. The molecule has 0 radical (unpaired) electrons. The van der Waals surface area contributed by atoms with E-state index in [1.165, 1.54) is 23.4 Å². The molecule has 12 nitrogen and oxygen atoms in total. The first-order valence-corrected chi connectivity index (χ1v) is 14.7. The van der Waals surface area contributed by atoms with Crippen molar-refractivity contribution in [2.45, 2.75) is 62.8 Å². The normalized spacial score (nSPS) is 18.0. The molecule has 0 aliphatic carbocycles. The zero-order valence-electron chi connectivity index (χ0n) is 23.7. The lowest BCUT2D eigenvalue weighted by atomic mass is 9.99. The zero-order chi connectivity index (χ0) is 30.4. The highest BCUT2D eigenvalue weighted by Gasteiger charge is 2.44. The van der Waals surface area contributed by atoms with Gasteiger partial charge in [0.1, 0.15) is 10.6 Å². The average molecular weight is 606 g/mol. The topological polar surface area (TPSA) is 135 Å². The fourth-order valence-electron chi connectivity index (χ4n) is 4.17. The van der Waals surface area contributed by atoms with Crippen LogP contribution in [0.2, 0.25) is 0 Å². The minimum Gasteiger partial charge on any atom is -0.444 e. The molecule has 41 heavy (non-hydrogen) atoms. The number of nitrogens with zero attached hydrogens (tertiary/aromatic N) is 5. The summed E-state index contributed by atoms with van der Waals surface area (Å²) in [5, 5.41) is 11.7. The first-order valence-electron chi connectivity index (χ1n) is 12.9. The van der Waals surface area contributed by atoms with E-state index in [0.29, 0.717) is 5.56 Å². The van der Waals surface area contributed by atoms with E-state index in [1.54, 1.807) is 64.0 Å².